The fourth-order valence-electron chi connectivity index (χ4n) is 2.48. The van der Waals surface area contributed by atoms with E-state index in [9.17, 15) is 13.2 Å². The van der Waals surface area contributed by atoms with Crippen LogP contribution in [0.3, 0.4) is 0 Å². The Morgan fingerprint density at radius 3 is 2.57 bits per heavy atom. The van der Waals surface area contributed by atoms with Crippen molar-refractivity contribution in [1.82, 2.24) is 4.90 Å². The first-order valence-electron chi connectivity index (χ1n) is 7.05. The molecule has 0 unspecified atom stereocenters. The van der Waals surface area contributed by atoms with E-state index in [0.717, 1.165) is 25.7 Å². The van der Waals surface area contributed by atoms with Gasteiger partial charge in [0.25, 0.3) is 0 Å². The third kappa shape index (κ3) is 4.61. The highest BCUT2D eigenvalue weighted by Crippen LogP contribution is 2.34. The van der Waals surface area contributed by atoms with Gasteiger partial charge in [-0.25, -0.2) is 0 Å². The van der Waals surface area contributed by atoms with Crippen LogP contribution in [0.4, 0.5) is 13.2 Å². The average Bonchev–Trinajstić information content (AvgIpc) is 2.47. The summed E-state index contributed by atoms with van der Waals surface area (Å²) in [4.78, 5) is 2.22. The quantitative estimate of drug-likeness (QED) is 0.835. The van der Waals surface area contributed by atoms with Gasteiger partial charge < -0.3 is 9.47 Å². The van der Waals surface area contributed by atoms with E-state index >= 15 is 0 Å². The Bertz CT molecular complexity index is 457. The molecular weight excluding hydrogens is 283 g/mol. The minimum absolute atomic E-state index is 0.235. The van der Waals surface area contributed by atoms with E-state index in [0.29, 0.717) is 31.6 Å². The largest absolute Gasteiger partial charge is 0.497 e. The van der Waals surface area contributed by atoms with Crippen molar-refractivity contribution in [1.29, 1.82) is 0 Å². The minimum atomic E-state index is -4.34. The number of halogens is 3. The maximum atomic E-state index is 13.1. The number of aryl methyl sites for hydroxylation is 1. The van der Waals surface area contributed by atoms with Crippen LogP contribution in [-0.2, 0) is 17.3 Å². The van der Waals surface area contributed by atoms with Crippen LogP contribution < -0.4 is 4.74 Å². The molecule has 1 heterocycles. The van der Waals surface area contributed by atoms with Crippen LogP contribution in [0, 0.1) is 0 Å². The molecule has 1 aromatic carbocycles. The molecule has 2 rings (SSSR count). The molecule has 0 aromatic heterocycles. The summed E-state index contributed by atoms with van der Waals surface area (Å²) in [6.45, 7) is 3.92. The fraction of sp³-hybridized carbons (Fsp3) is 0.600. The normalized spacial score (nSPS) is 17.0. The van der Waals surface area contributed by atoms with Crippen molar-refractivity contribution in [2.75, 3.05) is 40.0 Å². The lowest BCUT2D eigenvalue weighted by Gasteiger charge is -2.26. The number of ether oxygens (including phenoxy) is 2. The molecule has 0 amide bonds. The average molecular weight is 303 g/mol. The number of benzene rings is 1. The van der Waals surface area contributed by atoms with Gasteiger partial charge in [-0.3, -0.25) is 4.90 Å². The van der Waals surface area contributed by atoms with Crippen LogP contribution in [0.2, 0.25) is 0 Å². The molecule has 3 nitrogen and oxygen atoms in total. The van der Waals surface area contributed by atoms with Crippen molar-refractivity contribution in [2.45, 2.75) is 19.0 Å². The van der Waals surface area contributed by atoms with Crippen LogP contribution in [0.5, 0.6) is 5.75 Å². The molecule has 0 saturated carbocycles. The number of morpholine rings is 1. The number of methoxy groups -OCH3 is 1. The van der Waals surface area contributed by atoms with Gasteiger partial charge in [0.2, 0.25) is 0 Å². The van der Waals surface area contributed by atoms with E-state index in [-0.39, 0.29) is 5.75 Å². The molecule has 0 N–H and O–H groups in total. The number of alkyl halides is 3. The lowest BCUT2D eigenvalue weighted by Crippen LogP contribution is -2.37. The lowest BCUT2D eigenvalue weighted by atomic mass is 10.0. The predicted octanol–water partition coefficient (Wildman–Crippen LogP) is 2.98. The Hall–Kier alpha value is -1.27. The van der Waals surface area contributed by atoms with E-state index in [2.05, 4.69) is 4.90 Å². The molecule has 118 valence electrons. The van der Waals surface area contributed by atoms with E-state index in [1.54, 1.807) is 6.07 Å². The summed E-state index contributed by atoms with van der Waals surface area (Å²) in [7, 11) is 1.37. The van der Waals surface area contributed by atoms with Crippen LogP contribution in [-0.4, -0.2) is 44.9 Å². The van der Waals surface area contributed by atoms with Gasteiger partial charge in [0, 0.05) is 13.1 Å². The molecule has 1 fully saturated rings. The summed E-state index contributed by atoms with van der Waals surface area (Å²) in [5.41, 5.74) is -0.264. The first-order valence-corrected chi connectivity index (χ1v) is 7.05. The molecule has 0 spiro atoms. The highest BCUT2D eigenvalue weighted by molar-refractivity contribution is 5.37. The smallest absolute Gasteiger partial charge is 0.416 e. The molecule has 1 aliphatic heterocycles. The van der Waals surface area contributed by atoms with E-state index in [1.165, 1.54) is 13.2 Å². The second kappa shape index (κ2) is 7.13. The number of nitrogens with zero attached hydrogens (tertiary/aromatic N) is 1. The first-order chi connectivity index (χ1) is 10.0. The summed E-state index contributed by atoms with van der Waals surface area (Å²) in [6.07, 6.45) is -3.23. The Morgan fingerprint density at radius 2 is 1.95 bits per heavy atom. The number of hydrogen-bond acceptors (Lipinski definition) is 3. The predicted molar refractivity (Wildman–Crippen MR) is 73.6 cm³/mol. The van der Waals surface area contributed by atoms with E-state index < -0.39 is 11.7 Å². The molecule has 1 saturated heterocycles. The standard InChI is InChI=1S/C15H20F3NO2/c1-20-13-5-4-12(14(11-13)15(16,17)18)3-2-6-19-7-9-21-10-8-19/h4-5,11H,2-3,6-10H2,1H3. The Balaban J connectivity index is 1.98. The van der Waals surface area contributed by atoms with Crippen LogP contribution >= 0.6 is 0 Å². The molecule has 0 atom stereocenters. The highest BCUT2D eigenvalue weighted by atomic mass is 19.4. The van der Waals surface area contributed by atoms with Crippen molar-refractivity contribution in [2.24, 2.45) is 0 Å². The zero-order chi connectivity index (χ0) is 15.3. The van der Waals surface area contributed by atoms with Gasteiger partial charge in [-0.1, -0.05) is 6.07 Å². The third-order valence-electron chi connectivity index (χ3n) is 3.65. The molecule has 0 aliphatic carbocycles. The van der Waals surface area contributed by atoms with Crippen LogP contribution in [0.1, 0.15) is 17.5 Å². The van der Waals surface area contributed by atoms with Gasteiger partial charge in [0.1, 0.15) is 5.75 Å². The highest BCUT2D eigenvalue weighted by Gasteiger charge is 2.33. The molecular formula is C15H20F3NO2. The maximum Gasteiger partial charge on any atom is 0.416 e. The molecule has 0 radical (unpaired) electrons. The van der Waals surface area contributed by atoms with Crippen LogP contribution in [0.25, 0.3) is 0 Å². The summed E-state index contributed by atoms with van der Waals surface area (Å²) in [5, 5.41) is 0. The van der Waals surface area contributed by atoms with Gasteiger partial charge in [-0.15, -0.1) is 0 Å². The topological polar surface area (TPSA) is 21.7 Å². The second-order valence-electron chi connectivity index (χ2n) is 5.08. The molecule has 0 bridgehead atoms. The van der Waals surface area contributed by atoms with Crippen molar-refractivity contribution in [3.8, 4) is 5.75 Å². The van der Waals surface area contributed by atoms with Crippen molar-refractivity contribution >= 4 is 0 Å². The van der Waals surface area contributed by atoms with Gasteiger partial charge in [0.05, 0.1) is 25.9 Å². The Kier molecular flexibility index (Phi) is 5.47. The summed E-state index contributed by atoms with van der Waals surface area (Å²) in [5.74, 6) is 0.235. The molecule has 21 heavy (non-hydrogen) atoms. The first kappa shape index (κ1) is 16.1. The molecule has 1 aromatic rings. The van der Waals surface area contributed by atoms with Crippen molar-refractivity contribution < 1.29 is 22.6 Å². The minimum Gasteiger partial charge on any atom is -0.497 e. The van der Waals surface area contributed by atoms with E-state index in [1.807, 2.05) is 0 Å². The maximum absolute atomic E-state index is 13.1. The van der Waals surface area contributed by atoms with E-state index in [4.69, 9.17) is 9.47 Å². The van der Waals surface area contributed by atoms with Gasteiger partial charge >= 0.3 is 6.18 Å². The summed E-state index contributed by atoms with van der Waals surface area (Å²) in [6, 6.07) is 4.17. The molecule has 1 aliphatic rings. The summed E-state index contributed by atoms with van der Waals surface area (Å²) >= 11 is 0. The third-order valence-corrected chi connectivity index (χ3v) is 3.65. The zero-order valence-corrected chi connectivity index (χ0v) is 12.1. The van der Waals surface area contributed by atoms with Gasteiger partial charge in [-0.05, 0) is 37.1 Å². The molecule has 6 heteroatoms. The Labute approximate surface area is 122 Å². The number of hydrogen-bond donors (Lipinski definition) is 0. The number of rotatable bonds is 5. The summed E-state index contributed by atoms with van der Waals surface area (Å²) < 4.78 is 49.3. The monoisotopic (exact) mass is 303 g/mol. The van der Waals surface area contributed by atoms with Crippen LogP contribution in [0.15, 0.2) is 18.2 Å². The second-order valence-corrected chi connectivity index (χ2v) is 5.08. The van der Waals surface area contributed by atoms with Gasteiger partial charge in [-0.2, -0.15) is 13.2 Å². The lowest BCUT2D eigenvalue weighted by molar-refractivity contribution is -0.138. The zero-order valence-electron chi connectivity index (χ0n) is 12.1. The SMILES string of the molecule is COc1ccc(CCCN2CCOCC2)c(C(F)(F)F)c1. The van der Waals surface area contributed by atoms with Gasteiger partial charge in [0.15, 0.2) is 0 Å². The fourth-order valence-corrected chi connectivity index (χ4v) is 2.48. The van der Waals surface area contributed by atoms with Crippen molar-refractivity contribution in [3.05, 3.63) is 29.3 Å². The van der Waals surface area contributed by atoms with Crippen molar-refractivity contribution in [3.63, 3.8) is 0 Å². The Morgan fingerprint density at radius 1 is 1.24 bits per heavy atom.